The van der Waals surface area contributed by atoms with Crippen molar-refractivity contribution in [1.82, 2.24) is 5.32 Å². The standard InChI is InChI=1S/C16H24N2O2/c1-2-13(17)10-12-4-3-5-15(11-12)20-9-8-16(19)18-14-6-7-14/h3-5,11,13-14H,2,6-10,17H2,1H3,(H,18,19). The fourth-order valence-corrected chi connectivity index (χ4v) is 2.00. The summed E-state index contributed by atoms with van der Waals surface area (Å²) in [5, 5.41) is 2.95. The SMILES string of the molecule is CCC(N)Cc1cccc(OCCC(=O)NC2CC2)c1. The lowest BCUT2D eigenvalue weighted by molar-refractivity contribution is -0.121. The van der Waals surface area contributed by atoms with Gasteiger partial charge in [-0.05, 0) is 43.4 Å². The molecule has 1 fully saturated rings. The predicted molar refractivity (Wildman–Crippen MR) is 79.7 cm³/mol. The second kappa shape index (κ2) is 7.29. The summed E-state index contributed by atoms with van der Waals surface area (Å²) < 4.78 is 5.63. The first-order chi connectivity index (χ1) is 9.67. The number of nitrogens with one attached hydrogen (secondary N) is 1. The maximum Gasteiger partial charge on any atom is 0.223 e. The molecule has 0 saturated heterocycles. The highest BCUT2D eigenvalue weighted by Gasteiger charge is 2.22. The minimum Gasteiger partial charge on any atom is -0.493 e. The summed E-state index contributed by atoms with van der Waals surface area (Å²) in [4.78, 5) is 11.5. The van der Waals surface area contributed by atoms with Gasteiger partial charge in [0.05, 0.1) is 13.0 Å². The van der Waals surface area contributed by atoms with Crippen LogP contribution < -0.4 is 15.8 Å². The molecule has 1 unspecified atom stereocenters. The Kier molecular flexibility index (Phi) is 5.41. The maximum absolute atomic E-state index is 11.5. The van der Waals surface area contributed by atoms with Gasteiger partial charge < -0.3 is 15.8 Å². The molecule has 1 aromatic rings. The number of rotatable bonds is 8. The van der Waals surface area contributed by atoms with Crippen molar-refractivity contribution in [2.75, 3.05) is 6.61 Å². The highest BCUT2D eigenvalue weighted by Crippen LogP contribution is 2.19. The third kappa shape index (κ3) is 5.21. The van der Waals surface area contributed by atoms with Crippen molar-refractivity contribution < 1.29 is 9.53 Å². The lowest BCUT2D eigenvalue weighted by Crippen LogP contribution is -2.26. The van der Waals surface area contributed by atoms with Gasteiger partial charge in [0.15, 0.2) is 0 Å². The lowest BCUT2D eigenvalue weighted by Gasteiger charge is -2.11. The summed E-state index contributed by atoms with van der Waals surface area (Å²) >= 11 is 0. The second-order valence-corrected chi connectivity index (χ2v) is 5.46. The van der Waals surface area contributed by atoms with Crippen molar-refractivity contribution >= 4 is 5.91 Å². The van der Waals surface area contributed by atoms with E-state index in [4.69, 9.17) is 10.5 Å². The first-order valence-electron chi connectivity index (χ1n) is 7.44. The Morgan fingerprint density at radius 3 is 3.00 bits per heavy atom. The summed E-state index contributed by atoms with van der Waals surface area (Å²) in [5.74, 6) is 0.890. The molecule has 110 valence electrons. The summed E-state index contributed by atoms with van der Waals surface area (Å²) in [6, 6.07) is 8.56. The molecule has 0 heterocycles. The van der Waals surface area contributed by atoms with Crippen molar-refractivity contribution in [3.05, 3.63) is 29.8 Å². The van der Waals surface area contributed by atoms with Crippen molar-refractivity contribution in [3.63, 3.8) is 0 Å². The number of benzene rings is 1. The van der Waals surface area contributed by atoms with Gasteiger partial charge in [-0.25, -0.2) is 0 Å². The molecule has 0 spiro atoms. The van der Waals surface area contributed by atoms with Crippen molar-refractivity contribution in [2.24, 2.45) is 5.73 Å². The molecule has 1 aliphatic rings. The maximum atomic E-state index is 11.5. The van der Waals surface area contributed by atoms with Gasteiger partial charge in [-0.1, -0.05) is 19.1 Å². The van der Waals surface area contributed by atoms with E-state index in [1.807, 2.05) is 18.2 Å². The van der Waals surface area contributed by atoms with E-state index < -0.39 is 0 Å². The Hall–Kier alpha value is -1.55. The molecular weight excluding hydrogens is 252 g/mol. The molecule has 4 nitrogen and oxygen atoms in total. The van der Waals surface area contributed by atoms with Crippen LogP contribution in [0.5, 0.6) is 5.75 Å². The molecule has 0 aromatic heterocycles. The molecule has 1 aromatic carbocycles. The highest BCUT2D eigenvalue weighted by molar-refractivity contribution is 5.76. The molecule has 20 heavy (non-hydrogen) atoms. The molecule has 2 rings (SSSR count). The normalized spacial score (nSPS) is 15.7. The number of carbonyl (C=O) groups excluding carboxylic acids is 1. The van der Waals surface area contributed by atoms with Gasteiger partial charge in [-0.2, -0.15) is 0 Å². The van der Waals surface area contributed by atoms with Gasteiger partial charge >= 0.3 is 0 Å². The lowest BCUT2D eigenvalue weighted by atomic mass is 10.0. The number of ether oxygens (including phenoxy) is 1. The number of carbonyl (C=O) groups is 1. The summed E-state index contributed by atoms with van der Waals surface area (Å²) in [6.45, 7) is 2.51. The Morgan fingerprint density at radius 1 is 1.50 bits per heavy atom. The molecule has 3 N–H and O–H groups in total. The van der Waals surface area contributed by atoms with E-state index in [1.54, 1.807) is 0 Å². The molecule has 1 saturated carbocycles. The van der Waals surface area contributed by atoms with Crippen LogP contribution in [0.4, 0.5) is 0 Å². The number of amides is 1. The monoisotopic (exact) mass is 276 g/mol. The Bertz CT molecular complexity index is 444. The second-order valence-electron chi connectivity index (χ2n) is 5.46. The van der Waals surface area contributed by atoms with Crippen LogP contribution in [0.1, 0.15) is 38.2 Å². The van der Waals surface area contributed by atoms with Gasteiger partial charge in [0.1, 0.15) is 5.75 Å². The molecule has 4 heteroatoms. The van der Waals surface area contributed by atoms with Crippen LogP contribution in [0.2, 0.25) is 0 Å². The van der Waals surface area contributed by atoms with Gasteiger partial charge in [0, 0.05) is 12.1 Å². The molecule has 0 radical (unpaired) electrons. The average molecular weight is 276 g/mol. The quantitative estimate of drug-likeness (QED) is 0.763. The van der Waals surface area contributed by atoms with E-state index in [1.165, 1.54) is 5.56 Å². The van der Waals surface area contributed by atoms with Crippen molar-refractivity contribution in [3.8, 4) is 5.75 Å². The van der Waals surface area contributed by atoms with Crippen LogP contribution in [-0.2, 0) is 11.2 Å². The zero-order chi connectivity index (χ0) is 14.4. The minimum absolute atomic E-state index is 0.0802. The van der Waals surface area contributed by atoms with Crippen LogP contribution in [-0.4, -0.2) is 24.6 Å². The molecule has 1 amide bonds. The summed E-state index contributed by atoms with van der Waals surface area (Å²) in [5.41, 5.74) is 7.13. The van der Waals surface area contributed by atoms with E-state index in [9.17, 15) is 4.79 Å². The Balaban J connectivity index is 1.74. The van der Waals surface area contributed by atoms with Gasteiger partial charge in [-0.3, -0.25) is 4.79 Å². The first-order valence-corrected chi connectivity index (χ1v) is 7.44. The van der Waals surface area contributed by atoms with Gasteiger partial charge in [0.25, 0.3) is 0 Å². The van der Waals surface area contributed by atoms with Crippen molar-refractivity contribution in [1.29, 1.82) is 0 Å². The Labute approximate surface area is 120 Å². The molecule has 1 atom stereocenters. The zero-order valence-corrected chi connectivity index (χ0v) is 12.1. The van der Waals surface area contributed by atoms with Crippen molar-refractivity contribution in [2.45, 2.75) is 51.1 Å². The van der Waals surface area contributed by atoms with Crippen LogP contribution in [0.25, 0.3) is 0 Å². The van der Waals surface area contributed by atoms with Crippen LogP contribution >= 0.6 is 0 Å². The Morgan fingerprint density at radius 2 is 2.30 bits per heavy atom. The van der Waals surface area contributed by atoms with E-state index >= 15 is 0 Å². The largest absolute Gasteiger partial charge is 0.493 e. The fraction of sp³-hybridized carbons (Fsp3) is 0.562. The third-order valence-electron chi connectivity index (χ3n) is 3.46. The first kappa shape index (κ1) is 14.9. The summed E-state index contributed by atoms with van der Waals surface area (Å²) in [6.07, 6.45) is 4.47. The number of hydrogen-bond acceptors (Lipinski definition) is 3. The average Bonchev–Trinajstić information content (AvgIpc) is 3.23. The third-order valence-corrected chi connectivity index (χ3v) is 3.46. The smallest absolute Gasteiger partial charge is 0.223 e. The van der Waals surface area contributed by atoms with Gasteiger partial charge in [0.2, 0.25) is 5.91 Å². The van der Waals surface area contributed by atoms with Gasteiger partial charge in [-0.15, -0.1) is 0 Å². The molecular formula is C16H24N2O2. The molecule has 1 aliphatic carbocycles. The minimum atomic E-state index is 0.0802. The van der Waals surface area contributed by atoms with E-state index in [0.29, 0.717) is 19.1 Å². The van der Waals surface area contributed by atoms with Crippen LogP contribution in [0, 0.1) is 0 Å². The highest BCUT2D eigenvalue weighted by atomic mass is 16.5. The van der Waals surface area contributed by atoms with E-state index in [2.05, 4.69) is 18.3 Å². The molecule has 0 aliphatic heterocycles. The summed E-state index contributed by atoms with van der Waals surface area (Å²) in [7, 11) is 0. The van der Waals surface area contributed by atoms with Crippen LogP contribution in [0.3, 0.4) is 0 Å². The van der Waals surface area contributed by atoms with E-state index in [-0.39, 0.29) is 11.9 Å². The number of nitrogens with two attached hydrogens (primary N) is 1. The zero-order valence-electron chi connectivity index (χ0n) is 12.1. The molecule has 0 bridgehead atoms. The predicted octanol–water partition coefficient (Wildman–Crippen LogP) is 2.01. The van der Waals surface area contributed by atoms with Crippen LogP contribution in [0.15, 0.2) is 24.3 Å². The number of hydrogen-bond donors (Lipinski definition) is 2. The topological polar surface area (TPSA) is 64.3 Å². The fourth-order valence-electron chi connectivity index (χ4n) is 2.00. The van der Waals surface area contributed by atoms with E-state index in [0.717, 1.165) is 31.4 Å².